The molecule has 1 aromatic carbocycles. The van der Waals surface area contributed by atoms with Crippen molar-refractivity contribution in [2.24, 2.45) is 5.92 Å². The van der Waals surface area contributed by atoms with E-state index < -0.39 is 0 Å². The predicted octanol–water partition coefficient (Wildman–Crippen LogP) is 1.47. The number of hydrogen-bond acceptors (Lipinski definition) is 3. The fourth-order valence-corrected chi connectivity index (χ4v) is 2.71. The van der Waals surface area contributed by atoms with Gasteiger partial charge in [0.15, 0.2) is 0 Å². The Morgan fingerprint density at radius 1 is 1.14 bits per heavy atom. The van der Waals surface area contributed by atoms with Gasteiger partial charge in [0.25, 0.3) is 0 Å². The molecule has 2 aliphatic rings. The van der Waals surface area contributed by atoms with Gasteiger partial charge in [0.1, 0.15) is 5.82 Å². The van der Waals surface area contributed by atoms with E-state index in [0.717, 1.165) is 57.8 Å². The van der Waals surface area contributed by atoms with Gasteiger partial charge >= 0.3 is 0 Å². The first kappa shape index (κ1) is 14.3. The van der Waals surface area contributed by atoms with E-state index in [1.54, 1.807) is 0 Å². The van der Waals surface area contributed by atoms with Crippen LogP contribution in [0.2, 0.25) is 0 Å². The first-order valence-corrected chi connectivity index (χ1v) is 7.73. The fourth-order valence-electron chi connectivity index (χ4n) is 2.71. The summed E-state index contributed by atoms with van der Waals surface area (Å²) in [5.41, 5.74) is 1.08. The van der Waals surface area contributed by atoms with Gasteiger partial charge in [0.05, 0.1) is 0 Å². The third-order valence-electron chi connectivity index (χ3n) is 4.24. The number of nitrogens with one attached hydrogen (secondary N) is 1. The van der Waals surface area contributed by atoms with Crippen molar-refractivity contribution >= 4 is 11.6 Å². The third kappa shape index (κ3) is 3.94. The number of piperazine rings is 1. The number of anilines is 1. The molecule has 0 atom stereocenters. The summed E-state index contributed by atoms with van der Waals surface area (Å²) in [6, 6.07) is 6.69. The van der Waals surface area contributed by atoms with Crippen molar-refractivity contribution in [2.75, 3.05) is 44.2 Å². The minimum Gasteiger partial charge on any atom is -0.369 e. The Bertz CT molecular complexity index is 479. The number of amides is 1. The highest BCUT2D eigenvalue weighted by Crippen LogP contribution is 2.28. The number of carbonyl (C=O) groups excluding carboxylic acids is 1. The number of rotatable bonds is 5. The summed E-state index contributed by atoms with van der Waals surface area (Å²) in [5, 5.41) is 3.01. The smallest absolute Gasteiger partial charge is 0.223 e. The monoisotopic (exact) mass is 291 g/mol. The van der Waals surface area contributed by atoms with Crippen LogP contribution in [0.15, 0.2) is 24.3 Å². The molecule has 4 nitrogen and oxygen atoms in total. The first-order chi connectivity index (χ1) is 10.2. The Kier molecular flexibility index (Phi) is 4.39. The summed E-state index contributed by atoms with van der Waals surface area (Å²) in [6.07, 6.45) is 2.12. The van der Waals surface area contributed by atoms with E-state index in [0.29, 0.717) is 5.92 Å². The topological polar surface area (TPSA) is 35.6 Å². The molecule has 1 N–H and O–H groups in total. The molecule has 21 heavy (non-hydrogen) atoms. The number of carbonyl (C=O) groups is 1. The Labute approximate surface area is 124 Å². The molecular formula is C16H22FN3O. The van der Waals surface area contributed by atoms with Crippen LogP contribution in [0.4, 0.5) is 10.1 Å². The van der Waals surface area contributed by atoms with Crippen molar-refractivity contribution in [1.82, 2.24) is 10.2 Å². The van der Waals surface area contributed by atoms with Gasteiger partial charge in [-0.25, -0.2) is 4.39 Å². The highest BCUT2D eigenvalue weighted by Gasteiger charge is 2.29. The minimum absolute atomic E-state index is 0.191. The maximum Gasteiger partial charge on any atom is 0.223 e. The van der Waals surface area contributed by atoms with Gasteiger partial charge in [-0.05, 0) is 37.1 Å². The van der Waals surface area contributed by atoms with Gasteiger partial charge < -0.3 is 10.2 Å². The van der Waals surface area contributed by atoms with Crippen LogP contribution in [0.5, 0.6) is 0 Å². The second-order valence-corrected chi connectivity index (χ2v) is 5.87. The maximum atomic E-state index is 12.9. The van der Waals surface area contributed by atoms with Crippen LogP contribution in [0.3, 0.4) is 0 Å². The summed E-state index contributed by atoms with van der Waals surface area (Å²) in [7, 11) is 0. The lowest BCUT2D eigenvalue weighted by Crippen LogP contribution is -2.48. The summed E-state index contributed by atoms with van der Waals surface area (Å²) in [6.45, 7) is 5.51. The standard InChI is InChI=1S/C16H22FN3O/c17-14-3-5-15(6-4-14)20-11-9-19(10-12-20)8-7-18-16(21)13-1-2-13/h3-6,13H,1-2,7-12H2,(H,18,21). The van der Waals surface area contributed by atoms with Crippen molar-refractivity contribution in [3.63, 3.8) is 0 Å². The number of halogens is 1. The van der Waals surface area contributed by atoms with Crippen LogP contribution < -0.4 is 10.2 Å². The molecular weight excluding hydrogens is 269 g/mol. The summed E-state index contributed by atoms with van der Waals surface area (Å²) in [5.74, 6) is 0.323. The lowest BCUT2D eigenvalue weighted by molar-refractivity contribution is -0.122. The SMILES string of the molecule is O=C(NCCN1CCN(c2ccc(F)cc2)CC1)C1CC1. The van der Waals surface area contributed by atoms with Crippen molar-refractivity contribution in [1.29, 1.82) is 0 Å². The van der Waals surface area contributed by atoms with Gasteiger partial charge in [-0.3, -0.25) is 9.69 Å². The maximum absolute atomic E-state index is 12.9. The summed E-state index contributed by atoms with van der Waals surface area (Å²) < 4.78 is 12.9. The predicted molar refractivity (Wildman–Crippen MR) is 80.8 cm³/mol. The molecule has 0 spiro atoms. The Morgan fingerprint density at radius 3 is 2.43 bits per heavy atom. The number of benzene rings is 1. The lowest BCUT2D eigenvalue weighted by atomic mass is 10.2. The zero-order chi connectivity index (χ0) is 14.7. The van der Waals surface area contributed by atoms with E-state index in [4.69, 9.17) is 0 Å². The molecule has 114 valence electrons. The van der Waals surface area contributed by atoms with Crippen molar-refractivity contribution < 1.29 is 9.18 Å². The molecule has 1 amide bonds. The van der Waals surface area contributed by atoms with Gasteiger partial charge in [-0.15, -0.1) is 0 Å². The van der Waals surface area contributed by atoms with Crippen molar-refractivity contribution in [3.8, 4) is 0 Å². The molecule has 1 saturated carbocycles. The largest absolute Gasteiger partial charge is 0.369 e. The Balaban J connectivity index is 1.38. The van der Waals surface area contributed by atoms with Crippen LogP contribution in [0, 0.1) is 11.7 Å². The molecule has 3 rings (SSSR count). The molecule has 0 radical (unpaired) electrons. The van der Waals surface area contributed by atoms with Crippen LogP contribution in [-0.4, -0.2) is 50.1 Å². The van der Waals surface area contributed by atoms with Crippen molar-refractivity contribution in [2.45, 2.75) is 12.8 Å². The summed E-state index contributed by atoms with van der Waals surface area (Å²) in [4.78, 5) is 16.2. The molecule has 5 heteroatoms. The van der Waals surface area contributed by atoms with E-state index in [-0.39, 0.29) is 11.7 Å². The molecule has 0 aromatic heterocycles. The molecule has 1 aliphatic heterocycles. The lowest BCUT2D eigenvalue weighted by Gasteiger charge is -2.36. The van der Waals surface area contributed by atoms with Gasteiger partial charge in [0, 0.05) is 50.9 Å². The normalized spacial score (nSPS) is 19.6. The Morgan fingerprint density at radius 2 is 1.81 bits per heavy atom. The average molecular weight is 291 g/mol. The van der Waals surface area contributed by atoms with E-state index in [9.17, 15) is 9.18 Å². The summed E-state index contributed by atoms with van der Waals surface area (Å²) >= 11 is 0. The highest BCUT2D eigenvalue weighted by atomic mass is 19.1. The van der Waals surface area contributed by atoms with Crippen LogP contribution >= 0.6 is 0 Å². The zero-order valence-electron chi connectivity index (χ0n) is 12.2. The van der Waals surface area contributed by atoms with Crippen LogP contribution in [0.25, 0.3) is 0 Å². The van der Waals surface area contributed by atoms with Gasteiger partial charge in [-0.1, -0.05) is 0 Å². The van der Waals surface area contributed by atoms with Gasteiger partial charge in [-0.2, -0.15) is 0 Å². The molecule has 1 aromatic rings. The second-order valence-electron chi connectivity index (χ2n) is 5.87. The molecule has 1 aliphatic carbocycles. The van der Waals surface area contributed by atoms with Gasteiger partial charge in [0.2, 0.25) is 5.91 Å². The highest BCUT2D eigenvalue weighted by molar-refractivity contribution is 5.80. The van der Waals surface area contributed by atoms with Crippen LogP contribution in [-0.2, 0) is 4.79 Å². The van der Waals surface area contributed by atoms with E-state index in [1.165, 1.54) is 12.1 Å². The molecule has 2 fully saturated rings. The Hall–Kier alpha value is -1.62. The molecule has 1 heterocycles. The second kappa shape index (κ2) is 6.43. The zero-order valence-corrected chi connectivity index (χ0v) is 12.2. The van der Waals surface area contributed by atoms with E-state index >= 15 is 0 Å². The molecule has 1 saturated heterocycles. The average Bonchev–Trinajstić information content (AvgIpc) is 3.33. The molecule has 0 unspecified atom stereocenters. The van der Waals surface area contributed by atoms with Crippen LogP contribution in [0.1, 0.15) is 12.8 Å². The third-order valence-corrected chi connectivity index (χ3v) is 4.24. The van der Waals surface area contributed by atoms with E-state index in [1.807, 2.05) is 12.1 Å². The molecule has 0 bridgehead atoms. The number of nitrogens with zero attached hydrogens (tertiary/aromatic N) is 2. The first-order valence-electron chi connectivity index (χ1n) is 7.73. The minimum atomic E-state index is -0.191. The number of hydrogen-bond donors (Lipinski definition) is 1. The fraction of sp³-hybridized carbons (Fsp3) is 0.562. The van der Waals surface area contributed by atoms with E-state index in [2.05, 4.69) is 15.1 Å². The van der Waals surface area contributed by atoms with Crippen molar-refractivity contribution in [3.05, 3.63) is 30.1 Å². The quantitative estimate of drug-likeness (QED) is 0.892.